The zero-order chi connectivity index (χ0) is 14.3. The molecule has 0 spiro atoms. The number of aliphatic hydroxyl groups is 1. The van der Waals surface area contributed by atoms with E-state index in [-0.39, 0.29) is 29.7 Å². The second-order valence-corrected chi connectivity index (χ2v) is 6.63. The predicted molar refractivity (Wildman–Crippen MR) is 75.3 cm³/mol. The Morgan fingerprint density at radius 1 is 1.47 bits per heavy atom. The van der Waals surface area contributed by atoms with Crippen LogP contribution in [0.5, 0.6) is 0 Å². The van der Waals surface area contributed by atoms with Crippen LogP contribution in [0.1, 0.15) is 13.3 Å². The van der Waals surface area contributed by atoms with Crippen molar-refractivity contribution >= 4 is 32.2 Å². The molecule has 1 aromatic rings. The van der Waals surface area contributed by atoms with Crippen molar-refractivity contribution in [1.82, 2.24) is 4.37 Å². The van der Waals surface area contributed by atoms with Crippen molar-refractivity contribution in [2.24, 2.45) is 0 Å². The first-order chi connectivity index (χ1) is 9.03. The lowest BCUT2D eigenvalue weighted by Crippen LogP contribution is -2.14. The van der Waals surface area contributed by atoms with E-state index in [0.717, 1.165) is 11.5 Å². The Balaban J connectivity index is 2.70. The van der Waals surface area contributed by atoms with Gasteiger partial charge in [-0.1, -0.05) is 6.92 Å². The Morgan fingerprint density at radius 3 is 2.84 bits per heavy atom. The molecule has 1 aromatic heterocycles. The van der Waals surface area contributed by atoms with E-state index in [1.165, 1.54) is 0 Å². The van der Waals surface area contributed by atoms with Gasteiger partial charge in [-0.25, -0.2) is 8.42 Å². The fourth-order valence-corrected chi connectivity index (χ4v) is 4.13. The van der Waals surface area contributed by atoms with E-state index in [2.05, 4.69) is 9.69 Å². The number of aromatic nitrogens is 1. The van der Waals surface area contributed by atoms with Crippen molar-refractivity contribution in [3.63, 3.8) is 0 Å². The highest BCUT2D eigenvalue weighted by atomic mass is 32.2. The first kappa shape index (κ1) is 16.2. The summed E-state index contributed by atoms with van der Waals surface area (Å²) >= 11 is 1.02. The molecule has 0 radical (unpaired) electrons. The van der Waals surface area contributed by atoms with Gasteiger partial charge in [-0.05, 0) is 18.0 Å². The normalized spacial score (nSPS) is 11.7. The molecule has 110 valence electrons. The highest BCUT2D eigenvalue weighted by Gasteiger charge is 2.24. The van der Waals surface area contributed by atoms with Gasteiger partial charge in [0.05, 0.1) is 25.6 Å². The average molecular weight is 309 g/mol. The molecule has 19 heavy (non-hydrogen) atoms. The number of ether oxygens (including phenoxy) is 1. The summed E-state index contributed by atoms with van der Waals surface area (Å²) in [5.41, 5.74) is 5.63. The van der Waals surface area contributed by atoms with Gasteiger partial charge in [0.25, 0.3) is 0 Å². The van der Waals surface area contributed by atoms with Gasteiger partial charge >= 0.3 is 0 Å². The number of sulfone groups is 1. The molecular formula is C10H19N3O4S2. The van der Waals surface area contributed by atoms with Gasteiger partial charge in [0, 0.05) is 6.54 Å². The minimum Gasteiger partial charge on any atom is -0.394 e. The molecule has 0 atom stereocenters. The molecule has 0 bridgehead atoms. The topological polar surface area (TPSA) is 115 Å². The van der Waals surface area contributed by atoms with Crippen LogP contribution in [0.4, 0.5) is 10.8 Å². The molecule has 1 heterocycles. The van der Waals surface area contributed by atoms with Crippen molar-refractivity contribution in [2.45, 2.75) is 18.2 Å². The predicted octanol–water partition coefficient (Wildman–Crippen LogP) is 0.330. The van der Waals surface area contributed by atoms with Crippen molar-refractivity contribution < 1.29 is 18.3 Å². The molecule has 9 heteroatoms. The number of nitrogen functional groups attached to an aromatic ring is 1. The summed E-state index contributed by atoms with van der Waals surface area (Å²) in [5.74, 6) is 0.0860. The SMILES string of the molecule is CCCS(=O)(=O)c1c(N)nsc1NCCOCCO. The fraction of sp³-hybridized carbons (Fsp3) is 0.700. The van der Waals surface area contributed by atoms with Crippen molar-refractivity contribution in [1.29, 1.82) is 0 Å². The molecule has 1 rings (SSSR count). The van der Waals surface area contributed by atoms with E-state index in [4.69, 9.17) is 15.6 Å². The number of nitrogens with two attached hydrogens (primary N) is 1. The molecule has 0 saturated heterocycles. The number of nitrogens with zero attached hydrogens (tertiary/aromatic N) is 1. The van der Waals surface area contributed by atoms with Crippen LogP contribution in [0, 0.1) is 0 Å². The highest BCUT2D eigenvalue weighted by Crippen LogP contribution is 2.32. The van der Waals surface area contributed by atoms with Gasteiger partial charge in [-0.3, -0.25) is 0 Å². The van der Waals surface area contributed by atoms with Crippen LogP contribution in [-0.2, 0) is 14.6 Å². The first-order valence-corrected chi connectivity index (χ1v) is 8.36. The van der Waals surface area contributed by atoms with E-state index in [9.17, 15) is 8.42 Å². The maximum atomic E-state index is 12.1. The molecule has 0 fully saturated rings. The molecule has 0 aliphatic rings. The van der Waals surface area contributed by atoms with Crippen molar-refractivity contribution in [3.8, 4) is 0 Å². The number of aliphatic hydroxyl groups excluding tert-OH is 1. The van der Waals surface area contributed by atoms with Gasteiger partial charge in [0.15, 0.2) is 15.7 Å². The minimum absolute atomic E-state index is 0.0381. The lowest BCUT2D eigenvalue weighted by atomic mass is 10.5. The number of nitrogens with one attached hydrogen (secondary N) is 1. The van der Waals surface area contributed by atoms with Crippen LogP contribution >= 0.6 is 11.5 Å². The zero-order valence-electron chi connectivity index (χ0n) is 10.8. The van der Waals surface area contributed by atoms with E-state index < -0.39 is 9.84 Å². The molecule has 0 aliphatic carbocycles. The Hall–Kier alpha value is -0.900. The van der Waals surface area contributed by atoms with Gasteiger partial charge in [0.2, 0.25) is 0 Å². The molecule has 4 N–H and O–H groups in total. The van der Waals surface area contributed by atoms with Crippen LogP contribution in [0.15, 0.2) is 4.90 Å². The standard InChI is InChI=1S/C10H19N3O4S2/c1-2-7-19(15,16)8-9(11)13-18-10(8)12-3-5-17-6-4-14/h12,14H,2-7H2,1H3,(H2,11,13). The summed E-state index contributed by atoms with van der Waals surface area (Å²) in [7, 11) is -3.40. The van der Waals surface area contributed by atoms with Gasteiger partial charge in [-0.15, -0.1) is 0 Å². The Morgan fingerprint density at radius 2 is 2.21 bits per heavy atom. The Kier molecular flexibility index (Phi) is 6.49. The average Bonchev–Trinajstić information content (AvgIpc) is 2.71. The van der Waals surface area contributed by atoms with E-state index in [0.29, 0.717) is 24.6 Å². The van der Waals surface area contributed by atoms with Gasteiger partial charge in [0.1, 0.15) is 9.90 Å². The Labute approximate surface area is 116 Å². The molecule has 0 unspecified atom stereocenters. The first-order valence-electron chi connectivity index (χ1n) is 5.93. The lowest BCUT2D eigenvalue weighted by molar-refractivity contribution is 0.0992. The van der Waals surface area contributed by atoms with Crippen molar-refractivity contribution in [3.05, 3.63) is 0 Å². The molecule has 0 aromatic carbocycles. The molecule has 0 amide bonds. The fourth-order valence-electron chi connectivity index (χ4n) is 1.48. The third-order valence-corrected chi connectivity index (χ3v) is 5.15. The Bertz CT molecular complexity index is 487. The van der Waals surface area contributed by atoms with Gasteiger partial charge in [-0.2, -0.15) is 4.37 Å². The second-order valence-electron chi connectivity index (χ2n) is 3.81. The minimum atomic E-state index is -3.40. The number of hydrogen-bond donors (Lipinski definition) is 3. The summed E-state index contributed by atoms with van der Waals surface area (Å²) in [6.45, 7) is 2.81. The summed E-state index contributed by atoms with van der Waals surface area (Å²) < 4.78 is 33.1. The summed E-state index contributed by atoms with van der Waals surface area (Å²) in [6.07, 6.45) is 0.524. The lowest BCUT2D eigenvalue weighted by Gasteiger charge is -2.07. The third kappa shape index (κ3) is 4.60. The molecule has 0 saturated carbocycles. The van der Waals surface area contributed by atoms with E-state index >= 15 is 0 Å². The summed E-state index contributed by atoms with van der Waals surface area (Å²) in [5, 5.41) is 11.9. The third-order valence-electron chi connectivity index (χ3n) is 2.23. The quantitative estimate of drug-likeness (QED) is 0.563. The smallest absolute Gasteiger partial charge is 0.185 e. The van der Waals surface area contributed by atoms with Gasteiger partial charge < -0.3 is 20.9 Å². The maximum absolute atomic E-state index is 12.1. The second kappa shape index (κ2) is 7.63. The monoisotopic (exact) mass is 309 g/mol. The zero-order valence-corrected chi connectivity index (χ0v) is 12.4. The number of rotatable bonds is 9. The maximum Gasteiger partial charge on any atom is 0.185 e. The van der Waals surface area contributed by atoms with Crippen LogP contribution in [0.2, 0.25) is 0 Å². The number of anilines is 2. The van der Waals surface area contributed by atoms with Crippen LogP contribution < -0.4 is 11.1 Å². The van der Waals surface area contributed by atoms with E-state index in [1.54, 1.807) is 6.92 Å². The van der Waals surface area contributed by atoms with Crippen LogP contribution in [0.3, 0.4) is 0 Å². The summed E-state index contributed by atoms with van der Waals surface area (Å²) in [6, 6.07) is 0. The van der Waals surface area contributed by atoms with Crippen LogP contribution in [0.25, 0.3) is 0 Å². The molecular weight excluding hydrogens is 290 g/mol. The van der Waals surface area contributed by atoms with E-state index in [1.807, 2.05) is 0 Å². The molecule has 7 nitrogen and oxygen atoms in total. The van der Waals surface area contributed by atoms with Crippen molar-refractivity contribution in [2.75, 3.05) is 43.2 Å². The van der Waals surface area contributed by atoms with Crippen LogP contribution in [-0.4, -0.2) is 50.0 Å². The largest absolute Gasteiger partial charge is 0.394 e. The summed E-state index contributed by atoms with van der Waals surface area (Å²) in [4.78, 5) is 0.0847. The molecule has 0 aliphatic heterocycles. The number of hydrogen-bond acceptors (Lipinski definition) is 8. The highest BCUT2D eigenvalue weighted by molar-refractivity contribution is 7.91.